The highest BCUT2D eigenvalue weighted by Crippen LogP contribution is 2.16. The van der Waals surface area contributed by atoms with Gasteiger partial charge in [0, 0.05) is 6.04 Å². The van der Waals surface area contributed by atoms with Crippen molar-refractivity contribution in [1.82, 2.24) is 9.78 Å². The molecule has 1 aromatic heterocycles. The molecular weight excluding hydrogens is 238 g/mol. The van der Waals surface area contributed by atoms with Crippen LogP contribution in [0.15, 0.2) is 36.7 Å². The summed E-state index contributed by atoms with van der Waals surface area (Å²) in [7, 11) is 0. The van der Waals surface area contributed by atoms with Crippen LogP contribution in [0.1, 0.15) is 31.0 Å². The van der Waals surface area contributed by atoms with E-state index in [1.54, 1.807) is 6.20 Å². The lowest BCUT2D eigenvalue weighted by molar-refractivity contribution is 0.304. The third kappa shape index (κ3) is 3.58. The molecule has 2 rings (SSSR count). The first-order valence-corrected chi connectivity index (χ1v) is 6.64. The molecule has 0 saturated heterocycles. The van der Waals surface area contributed by atoms with Crippen LogP contribution in [0.3, 0.4) is 0 Å². The number of rotatable bonds is 6. The van der Waals surface area contributed by atoms with Crippen LogP contribution >= 0.6 is 0 Å². The fourth-order valence-electron chi connectivity index (χ4n) is 1.94. The first-order chi connectivity index (χ1) is 9.20. The molecule has 0 fully saturated rings. The molecule has 0 aliphatic carbocycles. The Labute approximate surface area is 114 Å². The van der Waals surface area contributed by atoms with Gasteiger partial charge in [0.2, 0.25) is 0 Å². The van der Waals surface area contributed by atoms with Gasteiger partial charge < -0.3 is 10.5 Å². The van der Waals surface area contributed by atoms with E-state index in [4.69, 9.17) is 10.5 Å². The van der Waals surface area contributed by atoms with Crippen molar-refractivity contribution in [2.75, 3.05) is 6.54 Å². The zero-order chi connectivity index (χ0) is 13.7. The van der Waals surface area contributed by atoms with Gasteiger partial charge in [-0.1, -0.05) is 24.3 Å². The monoisotopic (exact) mass is 259 g/mol. The standard InChI is InChI=1S/C15H21N3O/c1-12(2)18-10-15(9-17-18)19-11-14-6-4-3-5-13(14)7-8-16/h3-6,9-10,12H,7-8,11,16H2,1-2H3. The molecule has 4 heteroatoms. The molecule has 0 bridgehead atoms. The number of nitrogens with zero attached hydrogens (tertiary/aromatic N) is 2. The maximum absolute atomic E-state index is 5.79. The van der Waals surface area contributed by atoms with Crippen molar-refractivity contribution in [1.29, 1.82) is 0 Å². The molecule has 102 valence electrons. The Morgan fingerprint density at radius 3 is 2.63 bits per heavy atom. The molecule has 0 unspecified atom stereocenters. The second-order valence-corrected chi connectivity index (χ2v) is 4.85. The van der Waals surface area contributed by atoms with Crippen molar-refractivity contribution in [2.24, 2.45) is 5.73 Å². The van der Waals surface area contributed by atoms with E-state index >= 15 is 0 Å². The molecule has 1 heterocycles. The normalized spacial score (nSPS) is 10.9. The van der Waals surface area contributed by atoms with Crippen LogP contribution in [0.25, 0.3) is 0 Å². The van der Waals surface area contributed by atoms with Gasteiger partial charge in [0.15, 0.2) is 5.75 Å². The van der Waals surface area contributed by atoms with E-state index in [0.717, 1.165) is 12.2 Å². The smallest absolute Gasteiger partial charge is 0.157 e. The number of nitrogens with two attached hydrogens (primary N) is 1. The van der Waals surface area contributed by atoms with Crippen molar-refractivity contribution in [3.8, 4) is 5.75 Å². The fourth-order valence-corrected chi connectivity index (χ4v) is 1.94. The molecule has 0 saturated carbocycles. The Morgan fingerprint density at radius 2 is 2.00 bits per heavy atom. The molecule has 0 aliphatic heterocycles. The van der Waals surface area contributed by atoms with Crippen molar-refractivity contribution >= 4 is 0 Å². The minimum atomic E-state index is 0.349. The largest absolute Gasteiger partial charge is 0.486 e. The Bertz CT molecular complexity index is 520. The summed E-state index contributed by atoms with van der Waals surface area (Å²) in [6, 6.07) is 8.59. The van der Waals surface area contributed by atoms with Crippen molar-refractivity contribution in [3.05, 3.63) is 47.8 Å². The molecule has 19 heavy (non-hydrogen) atoms. The zero-order valence-electron chi connectivity index (χ0n) is 11.5. The summed E-state index contributed by atoms with van der Waals surface area (Å²) in [5, 5.41) is 4.26. The van der Waals surface area contributed by atoms with Gasteiger partial charge in [-0.05, 0) is 37.9 Å². The zero-order valence-corrected chi connectivity index (χ0v) is 11.5. The number of ether oxygens (including phenoxy) is 1. The molecule has 4 nitrogen and oxygen atoms in total. The molecule has 1 aromatic carbocycles. The van der Waals surface area contributed by atoms with Gasteiger partial charge in [-0.2, -0.15) is 5.10 Å². The summed E-state index contributed by atoms with van der Waals surface area (Å²) < 4.78 is 7.68. The van der Waals surface area contributed by atoms with Crippen LogP contribution < -0.4 is 10.5 Å². The SMILES string of the molecule is CC(C)n1cc(OCc2ccccc2CCN)cn1. The summed E-state index contributed by atoms with van der Waals surface area (Å²) in [5.74, 6) is 0.802. The van der Waals surface area contributed by atoms with E-state index in [1.165, 1.54) is 11.1 Å². The second kappa shape index (κ2) is 6.38. The van der Waals surface area contributed by atoms with Crippen LogP contribution in [-0.4, -0.2) is 16.3 Å². The molecule has 2 N–H and O–H groups in total. The molecule has 0 atom stereocenters. The van der Waals surface area contributed by atoms with Gasteiger partial charge in [-0.15, -0.1) is 0 Å². The topological polar surface area (TPSA) is 53.1 Å². The van der Waals surface area contributed by atoms with Gasteiger partial charge in [0.05, 0.1) is 12.4 Å². The van der Waals surface area contributed by atoms with Crippen LogP contribution in [0.2, 0.25) is 0 Å². The lowest BCUT2D eigenvalue weighted by Gasteiger charge is -2.09. The van der Waals surface area contributed by atoms with E-state index in [-0.39, 0.29) is 0 Å². The maximum atomic E-state index is 5.79. The number of hydrogen-bond acceptors (Lipinski definition) is 3. The maximum Gasteiger partial charge on any atom is 0.157 e. The van der Waals surface area contributed by atoms with E-state index in [0.29, 0.717) is 19.2 Å². The molecule has 0 aliphatic rings. The minimum Gasteiger partial charge on any atom is -0.486 e. The van der Waals surface area contributed by atoms with Crippen LogP contribution in [0.5, 0.6) is 5.75 Å². The average Bonchev–Trinajstić information content (AvgIpc) is 2.87. The van der Waals surface area contributed by atoms with Gasteiger partial charge in [-0.25, -0.2) is 0 Å². The highest BCUT2D eigenvalue weighted by atomic mass is 16.5. The quantitative estimate of drug-likeness (QED) is 0.867. The molecule has 2 aromatic rings. The number of aromatic nitrogens is 2. The van der Waals surface area contributed by atoms with Gasteiger partial charge in [-0.3, -0.25) is 4.68 Å². The lowest BCUT2D eigenvalue weighted by atomic mass is 10.1. The summed E-state index contributed by atoms with van der Waals surface area (Å²) in [6.45, 7) is 5.39. The number of benzene rings is 1. The summed E-state index contributed by atoms with van der Waals surface area (Å²) >= 11 is 0. The van der Waals surface area contributed by atoms with Crippen molar-refractivity contribution in [3.63, 3.8) is 0 Å². The van der Waals surface area contributed by atoms with Gasteiger partial charge >= 0.3 is 0 Å². The van der Waals surface area contributed by atoms with Crippen LogP contribution in [0.4, 0.5) is 0 Å². The highest BCUT2D eigenvalue weighted by molar-refractivity contribution is 5.27. The van der Waals surface area contributed by atoms with E-state index in [2.05, 4.69) is 31.1 Å². The molecule has 0 spiro atoms. The van der Waals surface area contributed by atoms with Gasteiger partial charge in [0.25, 0.3) is 0 Å². The summed E-state index contributed by atoms with van der Waals surface area (Å²) in [6.07, 6.45) is 4.56. The Hall–Kier alpha value is -1.81. The highest BCUT2D eigenvalue weighted by Gasteiger charge is 2.05. The van der Waals surface area contributed by atoms with Crippen molar-refractivity contribution < 1.29 is 4.74 Å². The minimum absolute atomic E-state index is 0.349. The summed E-state index contributed by atoms with van der Waals surface area (Å²) in [4.78, 5) is 0. The Morgan fingerprint density at radius 1 is 1.26 bits per heavy atom. The van der Waals surface area contributed by atoms with E-state index in [9.17, 15) is 0 Å². The fraction of sp³-hybridized carbons (Fsp3) is 0.400. The lowest BCUT2D eigenvalue weighted by Crippen LogP contribution is -2.06. The molecule has 0 radical (unpaired) electrons. The second-order valence-electron chi connectivity index (χ2n) is 4.85. The van der Waals surface area contributed by atoms with E-state index in [1.807, 2.05) is 23.0 Å². The van der Waals surface area contributed by atoms with E-state index < -0.39 is 0 Å². The third-order valence-electron chi connectivity index (χ3n) is 3.03. The van der Waals surface area contributed by atoms with Crippen molar-refractivity contribution in [2.45, 2.75) is 32.9 Å². The summed E-state index contributed by atoms with van der Waals surface area (Å²) in [5.41, 5.74) is 8.06. The predicted molar refractivity (Wildman–Crippen MR) is 76.1 cm³/mol. The first-order valence-electron chi connectivity index (χ1n) is 6.64. The number of hydrogen-bond donors (Lipinski definition) is 1. The van der Waals surface area contributed by atoms with Crippen LogP contribution in [-0.2, 0) is 13.0 Å². The Kier molecular flexibility index (Phi) is 4.58. The molecular formula is C15H21N3O. The van der Waals surface area contributed by atoms with Crippen LogP contribution in [0, 0.1) is 0 Å². The first kappa shape index (κ1) is 13.6. The average molecular weight is 259 g/mol. The van der Waals surface area contributed by atoms with Gasteiger partial charge in [0.1, 0.15) is 6.61 Å². The predicted octanol–water partition coefficient (Wildman–Crippen LogP) is 2.54. The third-order valence-corrected chi connectivity index (χ3v) is 3.03. The molecule has 0 amide bonds. The Balaban J connectivity index is 2.01.